The topological polar surface area (TPSA) is 43.4 Å². The first kappa shape index (κ1) is 21.8. The van der Waals surface area contributed by atoms with Crippen molar-refractivity contribution in [1.29, 1.82) is 0 Å². The fourth-order valence-corrected chi connectivity index (χ4v) is 5.66. The number of allylic oxidation sites excluding steroid dienone is 2. The van der Waals surface area contributed by atoms with Crippen LogP contribution in [0.3, 0.4) is 0 Å². The smallest absolute Gasteiger partial charge is 0.306 e. The number of rotatable bonds is 6. The molecule has 0 N–H and O–H groups in total. The largest absolute Gasteiger partial charge is 0.466 e. The predicted octanol–water partition coefficient (Wildman–Crippen LogP) is 6.24. The van der Waals surface area contributed by atoms with Crippen molar-refractivity contribution in [3.63, 3.8) is 0 Å². The number of carbonyl (C=O) groups is 2. The molecule has 1 aromatic rings. The third-order valence-corrected chi connectivity index (χ3v) is 7.23. The summed E-state index contributed by atoms with van der Waals surface area (Å²) in [4.78, 5) is 26.4. The van der Waals surface area contributed by atoms with Gasteiger partial charge in [-0.05, 0) is 55.8 Å². The summed E-state index contributed by atoms with van der Waals surface area (Å²) >= 11 is 0. The zero-order chi connectivity index (χ0) is 21.2. The molecule has 0 aliphatic heterocycles. The molecule has 4 atom stereocenters. The van der Waals surface area contributed by atoms with Gasteiger partial charge in [0.2, 0.25) is 0 Å². The van der Waals surface area contributed by atoms with Crippen LogP contribution in [0.25, 0.3) is 0 Å². The zero-order valence-corrected chi connectivity index (χ0v) is 18.7. The number of hydrogen-bond acceptors (Lipinski definition) is 3. The molecule has 0 bridgehead atoms. The molecule has 0 spiro atoms. The van der Waals surface area contributed by atoms with Gasteiger partial charge < -0.3 is 4.74 Å². The van der Waals surface area contributed by atoms with E-state index in [1.165, 1.54) is 17.6 Å². The third kappa shape index (κ3) is 4.34. The van der Waals surface area contributed by atoms with Gasteiger partial charge in [-0.1, -0.05) is 69.2 Å². The Morgan fingerprint density at radius 3 is 2.48 bits per heavy atom. The summed E-state index contributed by atoms with van der Waals surface area (Å²) in [6.45, 7) is 11.2. The van der Waals surface area contributed by atoms with E-state index < -0.39 is 5.41 Å². The summed E-state index contributed by atoms with van der Waals surface area (Å²) in [5.41, 5.74) is 3.20. The van der Waals surface area contributed by atoms with Gasteiger partial charge in [0.05, 0.1) is 13.0 Å². The van der Waals surface area contributed by atoms with Crippen molar-refractivity contribution in [3.05, 3.63) is 47.0 Å². The van der Waals surface area contributed by atoms with Crippen molar-refractivity contribution in [3.8, 4) is 0 Å². The molecule has 2 aliphatic rings. The Balaban J connectivity index is 2.12. The Labute approximate surface area is 175 Å². The number of Topliss-reactive ketones (excluding diaryl/α,β-unsaturated/α-hetero) is 1. The highest BCUT2D eigenvalue weighted by atomic mass is 16.5. The minimum atomic E-state index is -0.401. The number of hydrogen-bond donors (Lipinski definition) is 0. The quantitative estimate of drug-likeness (QED) is 0.325. The first-order valence-corrected chi connectivity index (χ1v) is 11.3. The standard InChI is InChI=1S/C26H36O3/c1-6-29-22(27)16-26(5)15-14-21-18(4)12-13-20(17(2)3)23(21)24(26)25(28)19-10-8-7-9-11-19/h7-11,17-18,20,24H,6,12-16H2,1-5H3/t18-,20+,24-,26+/m1/s1. The Morgan fingerprint density at radius 2 is 1.86 bits per heavy atom. The van der Waals surface area contributed by atoms with Crippen LogP contribution in [0.2, 0.25) is 0 Å². The lowest BCUT2D eigenvalue weighted by atomic mass is 9.54. The highest BCUT2D eigenvalue weighted by Gasteiger charge is 2.50. The van der Waals surface area contributed by atoms with Crippen LogP contribution < -0.4 is 0 Å². The first-order chi connectivity index (χ1) is 13.8. The minimum absolute atomic E-state index is 0.171. The Morgan fingerprint density at radius 1 is 1.17 bits per heavy atom. The molecule has 0 fully saturated rings. The molecule has 0 unspecified atom stereocenters. The molecule has 1 aromatic carbocycles. The summed E-state index contributed by atoms with van der Waals surface area (Å²) in [6.07, 6.45) is 4.49. The van der Waals surface area contributed by atoms with Gasteiger partial charge in [-0.2, -0.15) is 0 Å². The van der Waals surface area contributed by atoms with E-state index in [1.807, 2.05) is 37.3 Å². The van der Waals surface area contributed by atoms with Crippen LogP contribution in [0.15, 0.2) is 41.5 Å². The minimum Gasteiger partial charge on any atom is -0.466 e. The molecule has 0 heterocycles. The normalized spacial score (nSPS) is 29.5. The molecule has 3 heteroatoms. The lowest BCUT2D eigenvalue weighted by molar-refractivity contribution is -0.146. The first-order valence-electron chi connectivity index (χ1n) is 11.3. The molecular formula is C26H36O3. The second-order valence-electron chi connectivity index (χ2n) is 9.61. The van der Waals surface area contributed by atoms with Gasteiger partial charge in [-0.3, -0.25) is 9.59 Å². The highest BCUT2D eigenvalue weighted by Crippen LogP contribution is 2.55. The van der Waals surface area contributed by atoms with Gasteiger partial charge in [0.15, 0.2) is 5.78 Å². The SMILES string of the molecule is CCOC(=O)C[C@]1(C)CCC2=C([C@@H]1C(=O)c1ccccc1)[C@H](C(C)C)CC[C@H]2C. The van der Waals surface area contributed by atoms with Gasteiger partial charge in [-0.15, -0.1) is 0 Å². The molecular weight excluding hydrogens is 360 g/mol. The van der Waals surface area contributed by atoms with Crippen LogP contribution in [0.5, 0.6) is 0 Å². The van der Waals surface area contributed by atoms with E-state index in [0.717, 1.165) is 24.8 Å². The van der Waals surface area contributed by atoms with Crippen LogP contribution >= 0.6 is 0 Å². The number of benzene rings is 1. The fourth-order valence-electron chi connectivity index (χ4n) is 5.66. The van der Waals surface area contributed by atoms with Crippen LogP contribution in [-0.2, 0) is 9.53 Å². The van der Waals surface area contributed by atoms with Crippen LogP contribution in [0.4, 0.5) is 0 Å². The van der Waals surface area contributed by atoms with Gasteiger partial charge in [0, 0.05) is 11.5 Å². The number of esters is 1. The van der Waals surface area contributed by atoms with Crippen molar-refractivity contribution in [2.45, 2.75) is 66.7 Å². The summed E-state index contributed by atoms with van der Waals surface area (Å²) in [6, 6.07) is 9.63. The van der Waals surface area contributed by atoms with Crippen molar-refractivity contribution < 1.29 is 14.3 Å². The van der Waals surface area contributed by atoms with Crippen molar-refractivity contribution in [2.24, 2.45) is 29.1 Å². The van der Waals surface area contributed by atoms with Crippen LogP contribution in [-0.4, -0.2) is 18.4 Å². The monoisotopic (exact) mass is 396 g/mol. The lowest BCUT2D eigenvalue weighted by Crippen LogP contribution is -2.44. The van der Waals surface area contributed by atoms with E-state index in [2.05, 4.69) is 27.7 Å². The summed E-state index contributed by atoms with van der Waals surface area (Å²) in [5, 5.41) is 0. The fraction of sp³-hybridized carbons (Fsp3) is 0.615. The number of carbonyl (C=O) groups excluding carboxylic acids is 2. The zero-order valence-electron chi connectivity index (χ0n) is 18.7. The van der Waals surface area contributed by atoms with E-state index in [-0.39, 0.29) is 17.7 Å². The summed E-state index contributed by atoms with van der Waals surface area (Å²) in [5.74, 6) is 1.18. The average Bonchev–Trinajstić information content (AvgIpc) is 2.68. The summed E-state index contributed by atoms with van der Waals surface area (Å²) in [7, 11) is 0. The molecule has 3 nitrogen and oxygen atoms in total. The molecule has 3 rings (SSSR count). The highest BCUT2D eigenvalue weighted by molar-refractivity contribution is 6.00. The second-order valence-corrected chi connectivity index (χ2v) is 9.61. The maximum atomic E-state index is 13.9. The van der Waals surface area contributed by atoms with E-state index in [0.29, 0.717) is 30.8 Å². The van der Waals surface area contributed by atoms with Gasteiger partial charge in [0.1, 0.15) is 0 Å². The maximum absolute atomic E-state index is 13.9. The maximum Gasteiger partial charge on any atom is 0.306 e. The van der Waals surface area contributed by atoms with Gasteiger partial charge >= 0.3 is 5.97 Å². The number of ketones is 1. The molecule has 158 valence electrons. The van der Waals surface area contributed by atoms with Crippen molar-refractivity contribution in [2.75, 3.05) is 6.61 Å². The van der Waals surface area contributed by atoms with Crippen molar-refractivity contribution >= 4 is 11.8 Å². The lowest BCUT2D eigenvalue weighted by Gasteiger charge is -2.49. The van der Waals surface area contributed by atoms with E-state index in [9.17, 15) is 9.59 Å². The van der Waals surface area contributed by atoms with Gasteiger partial charge in [-0.25, -0.2) is 0 Å². The van der Waals surface area contributed by atoms with E-state index >= 15 is 0 Å². The second kappa shape index (κ2) is 8.85. The molecule has 0 saturated carbocycles. The van der Waals surface area contributed by atoms with E-state index in [4.69, 9.17) is 4.74 Å². The molecule has 0 saturated heterocycles. The molecule has 0 aromatic heterocycles. The number of ether oxygens (including phenoxy) is 1. The molecule has 29 heavy (non-hydrogen) atoms. The Kier molecular flexibility index (Phi) is 6.65. The van der Waals surface area contributed by atoms with Crippen LogP contribution in [0, 0.1) is 29.1 Å². The average molecular weight is 397 g/mol. The Hall–Kier alpha value is -1.90. The van der Waals surface area contributed by atoms with Crippen LogP contribution in [0.1, 0.15) is 77.1 Å². The third-order valence-electron chi connectivity index (χ3n) is 7.23. The molecule has 0 amide bonds. The van der Waals surface area contributed by atoms with Gasteiger partial charge in [0.25, 0.3) is 0 Å². The Bertz CT molecular complexity index is 776. The predicted molar refractivity (Wildman–Crippen MR) is 117 cm³/mol. The summed E-state index contributed by atoms with van der Waals surface area (Å²) < 4.78 is 5.31. The van der Waals surface area contributed by atoms with E-state index in [1.54, 1.807) is 0 Å². The molecule has 0 radical (unpaired) electrons. The molecule has 2 aliphatic carbocycles. The van der Waals surface area contributed by atoms with Crippen molar-refractivity contribution in [1.82, 2.24) is 0 Å².